The minimum Gasteiger partial charge on any atom is -0.497 e. The van der Waals surface area contributed by atoms with Gasteiger partial charge in [0.15, 0.2) is 0 Å². The third kappa shape index (κ3) is 4.59. The van der Waals surface area contributed by atoms with Crippen LogP contribution in [0.3, 0.4) is 0 Å². The number of amides is 1. The summed E-state index contributed by atoms with van der Waals surface area (Å²) in [6, 6.07) is 23.2. The van der Waals surface area contributed by atoms with Gasteiger partial charge in [-0.05, 0) is 61.0 Å². The van der Waals surface area contributed by atoms with E-state index in [1.54, 1.807) is 7.11 Å². The molecule has 1 aliphatic heterocycles. The Morgan fingerprint density at radius 1 is 1.03 bits per heavy atom. The summed E-state index contributed by atoms with van der Waals surface area (Å²) in [6.07, 6.45) is 1.25. The molecule has 1 aliphatic rings. The van der Waals surface area contributed by atoms with E-state index in [4.69, 9.17) is 26.1 Å². The Balaban J connectivity index is 1.32. The molecule has 34 heavy (non-hydrogen) atoms. The minimum absolute atomic E-state index is 0.0152. The second kappa shape index (κ2) is 9.77. The Kier molecular flexibility index (Phi) is 6.41. The standard InChI is InChI=1S/C27H26ClN3O3/c1-33-22-10-12-23(13-11-22)34-15-5-14-30-25-9-3-2-8-24(25)29-27(30)19-16-26(32)31(18-19)21-7-4-6-20(28)17-21/h2-4,6-13,17,19H,5,14-16,18H2,1H3/t19-/m0/s1. The van der Waals surface area contributed by atoms with Crippen molar-refractivity contribution in [1.29, 1.82) is 0 Å². The maximum absolute atomic E-state index is 12.9. The van der Waals surface area contributed by atoms with Crippen molar-refractivity contribution in [2.45, 2.75) is 25.3 Å². The van der Waals surface area contributed by atoms with Gasteiger partial charge in [0.2, 0.25) is 5.91 Å². The van der Waals surface area contributed by atoms with E-state index in [1.165, 1.54) is 0 Å². The molecule has 1 saturated heterocycles. The van der Waals surface area contributed by atoms with Crippen molar-refractivity contribution in [3.05, 3.63) is 83.6 Å². The van der Waals surface area contributed by atoms with Crippen molar-refractivity contribution in [3.8, 4) is 11.5 Å². The first kappa shape index (κ1) is 22.3. The molecule has 0 radical (unpaired) electrons. The summed E-state index contributed by atoms with van der Waals surface area (Å²) in [5.74, 6) is 2.67. The van der Waals surface area contributed by atoms with Gasteiger partial charge >= 0.3 is 0 Å². The molecular weight excluding hydrogens is 450 g/mol. The normalized spacial score (nSPS) is 15.8. The molecule has 0 N–H and O–H groups in total. The van der Waals surface area contributed by atoms with E-state index < -0.39 is 0 Å². The number of aryl methyl sites for hydroxylation is 1. The number of hydrogen-bond acceptors (Lipinski definition) is 4. The number of para-hydroxylation sites is 2. The summed E-state index contributed by atoms with van der Waals surface area (Å²) in [6.45, 7) is 1.93. The molecule has 0 saturated carbocycles. The first-order chi connectivity index (χ1) is 16.6. The molecule has 0 bridgehead atoms. The van der Waals surface area contributed by atoms with Gasteiger partial charge in [-0.1, -0.05) is 29.8 Å². The van der Waals surface area contributed by atoms with Crippen LogP contribution in [0.2, 0.25) is 5.02 Å². The Hall–Kier alpha value is -3.51. The molecule has 0 spiro atoms. The summed E-state index contributed by atoms with van der Waals surface area (Å²) in [7, 11) is 1.65. The van der Waals surface area contributed by atoms with E-state index in [0.29, 0.717) is 24.6 Å². The van der Waals surface area contributed by atoms with Crippen LogP contribution < -0.4 is 14.4 Å². The van der Waals surface area contributed by atoms with Crippen molar-refractivity contribution in [2.24, 2.45) is 0 Å². The largest absolute Gasteiger partial charge is 0.497 e. The molecule has 1 amide bonds. The number of ether oxygens (including phenoxy) is 2. The lowest BCUT2D eigenvalue weighted by Gasteiger charge is -2.18. The van der Waals surface area contributed by atoms with Crippen LogP contribution in [0, 0.1) is 0 Å². The molecule has 0 aliphatic carbocycles. The topological polar surface area (TPSA) is 56.6 Å². The highest BCUT2D eigenvalue weighted by atomic mass is 35.5. The molecule has 3 aromatic carbocycles. The number of aromatic nitrogens is 2. The zero-order chi connectivity index (χ0) is 23.5. The Morgan fingerprint density at radius 3 is 2.62 bits per heavy atom. The van der Waals surface area contributed by atoms with Crippen LogP contribution in [0.5, 0.6) is 11.5 Å². The number of carbonyl (C=O) groups is 1. The number of nitrogens with zero attached hydrogens (tertiary/aromatic N) is 3. The fourth-order valence-corrected chi connectivity index (χ4v) is 4.68. The van der Waals surface area contributed by atoms with Crippen LogP contribution in [0.4, 0.5) is 5.69 Å². The summed E-state index contributed by atoms with van der Waals surface area (Å²) in [5, 5.41) is 0.623. The van der Waals surface area contributed by atoms with E-state index in [9.17, 15) is 4.79 Å². The van der Waals surface area contributed by atoms with E-state index in [2.05, 4.69) is 10.6 Å². The SMILES string of the molecule is COc1ccc(OCCCn2c([C@H]3CC(=O)N(c4cccc(Cl)c4)C3)nc3ccccc32)cc1. The molecular formula is C27H26ClN3O3. The first-order valence-corrected chi connectivity index (χ1v) is 11.8. The lowest BCUT2D eigenvalue weighted by molar-refractivity contribution is -0.117. The third-order valence-electron chi connectivity index (χ3n) is 6.15. The number of imidazole rings is 1. The predicted molar refractivity (Wildman–Crippen MR) is 134 cm³/mol. The van der Waals surface area contributed by atoms with Crippen molar-refractivity contribution in [2.75, 3.05) is 25.2 Å². The maximum Gasteiger partial charge on any atom is 0.227 e. The van der Waals surface area contributed by atoms with Gasteiger partial charge in [-0.2, -0.15) is 0 Å². The number of fused-ring (bicyclic) bond motifs is 1. The van der Waals surface area contributed by atoms with E-state index in [-0.39, 0.29) is 11.8 Å². The molecule has 1 atom stereocenters. The molecule has 174 valence electrons. The van der Waals surface area contributed by atoms with Crippen molar-refractivity contribution in [3.63, 3.8) is 0 Å². The average Bonchev–Trinajstić information content (AvgIpc) is 3.42. The number of rotatable bonds is 8. The minimum atomic E-state index is 0.0152. The maximum atomic E-state index is 12.9. The molecule has 1 fully saturated rings. The summed E-state index contributed by atoms with van der Waals surface area (Å²) in [5.41, 5.74) is 2.85. The molecule has 1 aromatic heterocycles. The Bertz CT molecular complexity index is 1300. The fourth-order valence-electron chi connectivity index (χ4n) is 4.50. The summed E-state index contributed by atoms with van der Waals surface area (Å²) < 4.78 is 13.4. The third-order valence-corrected chi connectivity index (χ3v) is 6.38. The highest BCUT2D eigenvalue weighted by Gasteiger charge is 2.34. The molecule has 6 nitrogen and oxygen atoms in total. The van der Waals surface area contributed by atoms with Crippen molar-refractivity contribution in [1.82, 2.24) is 9.55 Å². The lowest BCUT2D eigenvalue weighted by Crippen LogP contribution is -2.24. The predicted octanol–water partition coefficient (Wildman–Crippen LogP) is 5.69. The zero-order valence-electron chi connectivity index (χ0n) is 19.0. The molecule has 2 heterocycles. The van der Waals surface area contributed by atoms with Crippen LogP contribution in [0.1, 0.15) is 24.6 Å². The van der Waals surface area contributed by atoms with E-state index in [1.807, 2.05) is 71.6 Å². The first-order valence-electron chi connectivity index (χ1n) is 11.4. The quantitative estimate of drug-likeness (QED) is 0.307. The second-order valence-electron chi connectivity index (χ2n) is 8.37. The smallest absolute Gasteiger partial charge is 0.227 e. The zero-order valence-corrected chi connectivity index (χ0v) is 19.7. The van der Waals surface area contributed by atoms with Crippen LogP contribution in [-0.4, -0.2) is 35.7 Å². The van der Waals surface area contributed by atoms with Crippen molar-refractivity contribution >= 4 is 34.2 Å². The lowest BCUT2D eigenvalue weighted by atomic mass is 10.1. The fraction of sp³-hybridized carbons (Fsp3) is 0.259. The summed E-state index contributed by atoms with van der Waals surface area (Å²) in [4.78, 5) is 19.6. The van der Waals surface area contributed by atoms with Crippen LogP contribution in [-0.2, 0) is 11.3 Å². The van der Waals surface area contributed by atoms with Gasteiger partial charge in [-0.15, -0.1) is 0 Å². The molecule has 0 unspecified atom stereocenters. The number of carbonyl (C=O) groups excluding carboxylic acids is 1. The number of hydrogen-bond donors (Lipinski definition) is 0. The Morgan fingerprint density at radius 2 is 1.82 bits per heavy atom. The van der Waals surface area contributed by atoms with Gasteiger partial charge in [0.05, 0.1) is 24.8 Å². The molecule has 7 heteroatoms. The van der Waals surface area contributed by atoms with Gasteiger partial charge in [0.25, 0.3) is 0 Å². The van der Waals surface area contributed by atoms with Gasteiger partial charge in [-0.25, -0.2) is 4.98 Å². The number of methoxy groups -OCH3 is 1. The van der Waals surface area contributed by atoms with Gasteiger partial charge in [-0.3, -0.25) is 4.79 Å². The number of benzene rings is 3. The van der Waals surface area contributed by atoms with Crippen molar-refractivity contribution < 1.29 is 14.3 Å². The van der Waals surface area contributed by atoms with Crippen LogP contribution >= 0.6 is 11.6 Å². The highest BCUT2D eigenvalue weighted by Crippen LogP contribution is 2.34. The number of anilines is 1. The van der Waals surface area contributed by atoms with Gasteiger partial charge in [0.1, 0.15) is 17.3 Å². The van der Waals surface area contributed by atoms with Gasteiger partial charge in [0, 0.05) is 36.1 Å². The highest BCUT2D eigenvalue weighted by molar-refractivity contribution is 6.30. The monoisotopic (exact) mass is 475 g/mol. The second-order valence-corrected chi connectivity index (χ2v) is 8.81. The summed E-state index contributed by atoms with van der Waals surface area (Å²) >= 11 is 6.16. The average molecular weight is 476 g/mol. The molecule has 4 aromatic rings. The van der Waals surface area contributed by atoms with Gasteiger partial charge < -0.3 is 18.9 Å². The van der Waals surface area contributed by atoms with Crippen LogP contribution in [0.25, 0.3) is 11.0 Å². The number of halogens is 1. The Labute approximate surface area is 203 Å². The van der Waals surface area contributed by atoms with Crippen LogP contribution in [0.15, 0.2) is 72.8 Å². The van der Waals surface area contributed by atoms with E-state index >= 15 is 0 Å². The molecule has 5 rings (SSSR count). The van der Waals surface area contributed by atoms with E-state index in [0.717, 1.165) is 47.0 Å².